The fraction of sp³-hybridized carbons (Fsp3) is 0.333. The average Bonchev–Trinajstić information content (AvgIpc) is 3.31. The van der Waals surface area contributed by atoms with Crippen LogP contribution in [-0.2, 0) is 4.74 Å². The fourth-order valence-corrected chi connectivity index (χ4v) is 4.79. The number of nitrogens with zero attached hydrogens (tertiary/aromatic N) is 4. The van der Waals surface area contributed by atoms with Gasteiger partial charge in [-0.15, -0.1) is 0 Å². The van der Waals surface area contributed by atoms with Gasteiger partial charge in [0.1, 0.15) is 17.1 Å². The van der Waals surface area contributed by atoms with E-state index in [2.05, 4.69) is 15.2 Å². The van der Waals surface area contributed by atoms with Crippen molar-refractivity contribution >= 4 is 39.7 Å². The summed E-state index contributed by atoms with van der Waals surface area (Å²) < 4.78 is 13.3. The van der Waals surface area contributed by atoms with Crippen LogP contribution in [-0.4, -0.2) is 65.8 Å². The maximum absolute atomic E-state index is 6.76. The molecule has 4 aromatic rings. The Hall–Kier alpha value is -3.07. The van der Waals surface area contributed by atoms with E-state index in [1.807, 2.05) is 35.6 Å². The average molecular weight is 467 g/mol. The predicted octanol–water partition coefficient (Wildman–Crippen LogP) is 3.85. The van der Waals surface area contributed by atoms with E-state index in [4.69, 9.17) is 31.8 Å². The van der Waals surface area contributed by atoms with Gasteiger partial charge in [-0.1, -0.05) is 23.7 Å². The molecular formula is C24H27ClN6O2. The first-order chi connectivity index (χ1) is 16.1. The molecule has 1 fully saturated rings. The van der Waals surface area contributed by atoms with Gasteiger partial charge in [0, 0.05) is 48.4 Å². The molecule has 2 aromatic carbocycles. The number of fused-ring (bicyclic) bond motifs is 3. The molecule has 3 N–H and O–H groups in total. The maximum Gasteiger partial charge on any atom is 0.150 e. The van der Waals surface area contributed by atoms with Gasteiger partial charge >= 0.3 is 0 Å². The van der Waals surface area contributed by atoms with E-state index in [9.17, 15) is 0 Å². The van der Waals surface area contributed by atoms with Crippen molar-refractivity contribution in [1.29, 1.82) is 0 Å². The number of nitrogens with two attached hydrogens (primary N) is 1. The van der Waals surface area contributed by atoms with Gasteiger partial charge in [-0.3, -0.25) is 9.30 Å². The molecule has 0 radical (unpaired) electrons. The van der Waals surface area contributed by atoms with Gasteiger partial charge in [-0.05, 0) is 18.6 Å². The van der Waals surface area contributed by atoms with Gasteiger partial charge in [-0.25, -0.2) is 9.97 Å². The van der Waals surface area contributed by atoms with Crippen LogP contribution in [0.3, 0.4) is 0 Å². The molecule has 0 spiro atoms. The predicted molar refractivity (Wildman–Crippen MR) is 132 cm³/mol. The number of morpholine rings is 1. The van der Waals surface area contributed by atoms with Gasteiger partial charge in [0.05, 0.1) is 49.6 Å². The molecule has 172 valence electrons. The van der Waals surface area contributed by atoms with E-state index in [0.29, 0.717) is 16.6 Å². The van der Waals surface area contributed by atoms with Crippen LogP contribution in [0.4, 0.5) is 11.5 Å². The molecule has 3 heterocycles. The number of halogens is 1. The molecule has 8 nitrogen and oxygen atoms in total. The van der Waals surface area contributed by atoms with Crippen molar-refractivity contribution in [3.8, 4) is 16.9 Å². The molecule has 0 saturated carbocycles. The van der Waals surface area contributed by atoms with Crippen LogP contribution < -0.4 is 15.8 Å². The Balaban J connectivity index is 1.71. The van der Waals surface area contributed by atoms with Gasteiger partial charge in [0.25, 0.3) is 0 Å². The number of hydrogen-bond donors (Lipinski definition) is 2. The molecule has 2 aromatic heterocycles. The van der Waals surface area contributed by atoms with Crippen molar-refractivity contribution in [2.24, 2.45) is 0 Å². The van der Waals surface area contributed by atoms with Gasteiger partial charge in [-0.2, -0.15) is 0 Å². The highest BCUT2D eigenvalue weighted by Gasteiger charge is 2.23. The van der Waals surface area contributed by atoms with Crippen LogP contribution in [0.1, 0.15) is 5.56 Å². The third-order valence-electron chi connectivity index (χ3n) is 6.16. The highest BCUT2D eigenvalue weighted by Crippen LogP contribution is 2.45. The monoisotopic (exact) mass is 466 g/mol. The van der Waals surface area contributed by atoms with E-state index in [1.54, 1.807) is 19.6 Å². The zero-order valence-electron chi connectivity index (χ0n) is 18.8. The highest BCUT2D eigenvalue weighted by atomic mass is 35.5. The molecule has 9 heteroatoms. The Morgan fingerprint density at radius 3 is 2.79 bits per heavy atom. The van der Waals surface area contributed by atoms with Crippen LogP contribution >= 0.6 is 11.6 Å². The molecular weight excluding hydrogens is 440 g/mol. The smallest absolute Gasteiger partial charge is 0.150 e. The number of aromatic nitrogens is 3. The molecule has 0 amide bonds. The lowest BCUT2D eigenvalue weighted by Crippen LogP contribution is -2.39. The number of hydrogen-bond acceptors (Lipinski definition) is 7. The number of nitrogens with one attached hydrogen (secondary N) is 1. The first kappa shape index (κ1) is 21.8. The Kier molecular flexibility index (Phi) is 5.97. The molecule has 0 atom stereocenters. The second-order valence-electron chi connectivity index (χ2n) is 8.16. The molecule has 1 saturated heterocycles. The second-order valence-corrected chi connectivity index (χ2v) is 8.56. The first-order valence-corrected chi connectivity index (χ1v) is 11.4. The lowest BCUT2D eigenvalue weighted by molar-refractivity contribution is 0.0398. The van der Waals surface area contributed by atoms with E-state index in [1.165, 1.54) is 0 Å². The third-order valence-corrected chi connectivity index (χ3v) is 6.48. The minimum Gasteiger partial charge on any atom is -0.494 e. The van der Waals surface area contributed by atoms with Crippen molar-refractivity contribution in [2.75, 3.05) is 57.6 Å². The molecule has 0 aliphatic carbocycles. The fourth-order valence-electron chi connectivity index (χ4n) is 4.48. The van der Waals surface area contributed by atoms with Gasteiger partial charge in [0.15, 0.2) is 0 Å². The summed E-state index contributed by atoms with van der Waals surface area (Å²) in [7, 11) is 1.67. The quantitative estimate of drug-likeness (QED) is 0.446. The summed E-state index contributed by atoms with van der Waals surface area (Å²) in [6.45, 7) is 7.08. The van der Waals surface area contributed by atoms with E-state index in [0.717, 1.165) is 78.3 Å². The molecule has 5 rings (SSSR count). The van der Waals surface area contributed by atoms with Crippen LogP contribution in [0.2, 0.25) is 5.02 Å². The van der Waals surface area contributed by atoms with Gasteiger partial charge < -0.3 is 20.5 Å². The summed E-state index contributed by atoms with van der Waals surface area (Å²) >= 11 is 6.76. The topological polar surface area (TPSA) is 89.9 Å². The zero-order valence-corrected chi connectivity index (χ0v) is 19.5. The van der Waals surface area contributed by atoms with Crippen LogP contribution in [0, 0.1) is 6.92 Å². The summed E-state index contributed by atoms with van der Waals surface area (Å²) in [6, 6.07) is 7.86. The lowest BCUT2D eigenvalue weighted by atomic mass is 9.96. The number of anilines is 2. The lowest BCUT2D eigenvalue weighted by Gasteiger charge is -2.27. The number of benzene rings is 2. The Bertz CT molecular complexity index is 1300. The van der Waals surface area contributed by atoms with Crippen molar-refractivity contribution in [3.05, 3.63) is 47.4 Å². The van der Waals surface area contributed by atoms with E-state index >= 15 is 0 Å². The highest BCUT2D eigenvalue weighted by molar-refractivity contribution is 6.34. The SMILES string of the molecule is COc1cc2c(nc(N)c3cncn32)c(-c2c(C)cccc2Cl)c1NCCN1CCOCC1. The van der Waals surface area contributed by atoms with E-state index in [-0.39, 0.29) is 0 Å². The molecule has 33 heavy (non-hydrogen) atoms. The van der Waals surface area contributed by atoms with Crippen molar-refractivity contribution < 1.29 is 9.47 Å². The number of rotatable bonds is 6. The summed E-state index contributed by atoms with van der Waals surface area (Å²) in [6.07, 6.45) is 3.45. The number of methoxy groups -OCH3 is 1. The Labute approximate surface area is 197 Å². The number of aryl methyl sites for hydroxylation is 1. The molecule has 1 aliphatic heterocycles. The standard InChI is InChI=1S/C24H27ClN6O2/c1-15-4-3-5-16(25)20(15)21-22-17(31-14-27-13-18(31)24(26)29-22)12-19(32-2)23(21)28-6-7-30-8-10-33-11-9-30/h3-5,12-14,28H,6-11H2,1-2H3,(H2,26,29). The van der Waals surface area contributed by atoms with Crippen LogP contribution in [0.25, 0.3) is 27.7 Å². The number of imidazole rings is 1. The summed E-state index contributed by atoms with van der Waals surface area (Å²) in [4.78, 5) is 11.5. The van der Waals surface area contributed by atoms with Crippen LogP contribution in [0.15, 0.2) is 36.8 Å². The minimum absolute atomic E-state index is 0.412. The molecule has 0 bridgehead atoms. The van der Waals surface area contributed by atoms with E-state index < -0.39 is 0 Å². The Morgan fingerprint density at radius 1 is 1.21 bits per heavy atom. The number of ether oxygens (including phenoxy) is 2. The Morgan fingerprint density at radius 2 is 2.03 bits per heavy atom. The van der Waals surface area contributed by atoms with Gasteiger partial charge in [0.2, 0.25) is 0 Å². The molecule has 0 unspecified atom stereocenters. The minimum atomic E-state index is 0.412. The first-order valence-electron chi connectivity index (χ1n) is 11.0. The third kappa shape index (κ3) is 3.94. The van der Waals surface area contributed by atoms with Crippen molar-refractivity contribution in [1.82, 2.24) is 19.3 Å². The molecule has 1 aliphatic rings. The van der Waals surface area contributed by atoms with Crippen LogP contribution in [0.5, 0.6) is 5.75 Å². The second kappa shape index (κ2) is 9.05. The number of nitrogen functional groups attached to an aromatic ring is 1. The zero-order chi connectivity index (χ0) is 22.9. The normalized spacial score (nSPS) is 14.8. The maximum atomic E-state index is 6.76. The largest absolute Gasteiger partial charge is 0.494 e. The summed E-state index contributed by atoms with van der Waals surface area (Å²) in [5.74, 6) is 1.12. The summed E-state index contributed by atoms with van der Waals surface area (Å²) in [5.41, 5.74) is 12.3. The summed E-state index contributed by atoms with van der Waals surface area (Å²) in [5, 5.41) is 4.26. The van der Waals surface area contributed by atoms with Crippen molar-refractivity contribution in [2.45, 2.75) is 6.92 Å². The van der Waals surface area contributed by atoms with Crippen molar-refractivity contribution in [3.63, 3.8) is 0 Å².